The van der Waals surface area contributed by atoms with E-state index in [4.69, 9.17) is 9.84 Å². The van der Waals surface area contributed by atoms with Gasteiger partial charge in [-0.3, -0.25) is 9.59 Å². The molecule has 1 unspecified atom stereocenters. The monoisotopic (exact) mass is 462 g/mol. The minimum Gasteiger partial charge on any atom is -0.481 e. The van der Waals surface area contributed by atoms with E-state index in [0.717, 1.165) is 30.4 Å². The van der Waals surface area contributed by atoms with Crippen molar-refractivity contribution < 1.29 is 24.2 Å². The number of carboxylic acids is 1. The highest BCUT2D eigenvalue weighted by Crippen LogP contribution is 2.44. The van der Waals surface area contributed by atoms with E-state index < -0.39 is 17.6 Å². The molecule has 3 aliphatic carbocycles. The van der Waals surface area contributed by atoms with Gasteiger partial charge in [0.1, 0.15) is 6.61 Å². The third-order valence-electron chi connectivity index (χ3n) is 7.52. The lowest BCUT2D eigenvalue weighted by Crippen LogP contribution is -2.48. The second-order valence-corrected chi connectivity index (χ2v) is 9.87. The molecule has 3 N–H and O–H groups in total. The van der Waals surface area contributed by atoms with E-state index in [1.165, 1.54) is 11.1 Å². The van der Waals surface area contributed by atoms with Crippen LogP contribution in [0.3, 0.4) is 0 Å². The van der Waals surface area contributed by atoms with Crippen molar-refractivity contribution in [2.24, 2.45) is 5.92 Å². The predicted molar refractivity (Wildman–Crippen MR) is 126 cm³/mol. The summed E-state index contributed by atoms with van der Waals surface area (Å²) >= 11 is 0. The molecule has 0 saturated heterocycles. The van der Waals surface area contributed by atoms with Crippen molar-refractivity contribution in [1.29, 1.82) is 0 Å². The van der Waals surface area contributed by atoms with E-state index in [1.54, 1.807) is 0 Å². The first-order valence-electron chi connectivity index (χ1n) is 12.1. The number of ether oxygens (including phenoxy) is 1. The molecule has 2 saturated carbocycles. The lowest BCUT2D eigenvalue weighted by Gasteiger charge is -2.34. The third-order valence-corrected chi connectivity index (χ3v) is 7.52. The van der Waals surface area contributed by atoms with Gasteiger partial charge in [-0.2, -0.15) is 0 Å². The Hall–Kier alpha value is -3.35. The van der Waals surface area contributed by atoms with E-state index in [0.29, 0.717) is 12.8 Å². The summed E-state index contributed by atoms with van der Waals surface area (Å²) in [6.45, 7) is 0.227. The Balaban J connectivity index is 1.20. The number of rotatable bonds is 9. The van der Waals surface area contributed by atoms with Crippen molar-refractivity contribution in [1.82, 2.24) is 10.6 Å². The van der Waals surface area contributed by atoms with Crippen LogP contribution >= 0.6 is 0 Å². The van der Waals surface area contributed by atoms with Crippen LogP contribution in [0.5, 0.6) is 0 Å². The largest absolute Gasteiger partial charge is 0.481 e. The molecule has 178 valence electrons. The highest BCUT2D eigenvalue weighted by molar-refractivity contribution is 5.81. The molecule has 0 bridgehead atoms. The fourth-order valence-corrected chi connectivity index (χ4v) is 5.30. The smallest absolute Gasteiger partial charge is 0.407 e. The van der Waals surface area contributed by atoms with Gasteiger partial charge >= 0.3 is 12.1 Å². The van der Waals surface area contributed by atoms with Crippen LogP contribution in [0.1, 0.15) is 62.0 Å². The third kappa shape index (κ3) is 4.65. The maximum atomic E-state index is 12.8. The quantitative estimate of drug-likeness (QED) is 0.518. The van der Waals surface area contributed by atoms with Crippen LogP contribution in [-0.2, 0) is 14.3 Å². The molecule has 7 heteroatoms. The molecular formula is C27H30N2O5. The lowest BCUT2D eigenvalue weighted by molar-refractivity contribution is -0.138. The molecule has 2 aromatic rings. The predicted octanol–water partition coefficient (Wildman–Crippen LogP) is 4.21. The summed E-state index contributed by atoms with van der Waals surface area (Å²) in [5, 5.41) is 14.9. The molecule has 0 aromatic heterocycles. The lowest BCUT2D eigenvalue weighted by atomic mass is 9.78. The van der Waals surface area contributed by atoms with Gasteiger partial charge in [0.25, 0.3) is 0 Å². The van der Waals surface area contributed by atoms with Crippen LogP contribution in [0.15, 0.2) is 48.5 Å². The highest BCUT2D eigenvalue weighted by atomic mass is 16.5. The van der Waals surface area contributed by atoms with Gasteiger partial charge in [-0.05, 0) is 53.9 Å². The zero-order valence-electron chi connectivity index (χ0n) is 19.1. The number of benzene rings is 2. The molecule has 2 aromatic carbocycles. The summed E-state index contributed by atoms with van der Waals surface area (Å²) in [5.41, 5.74) is 4.04. The first-order chi connectivity index (χ1) is 16.4. The van der Waals surface area contributed by atoms with Gasteiger partial charge < -0.3 is 20.5 Å². The molecule has 1 atom stereocenters. The Morgan fingerprint density at radius 3 is 2.15 bits per heavy atom. The van der Waals surface area contributed by atoms with Crippen LogP contribution in [0.4, 0.5) is 4.79 Å². The van der Waals surface area contributed by atoms with Crippen LogP contribution < -0.4 is 10.6 Å². The number of hydrogen-bond acceptors (Lipinski definition) is 4. The zero-order valence-corrected chi connectivity index (χ0v) is 19.1. The van der Waals surface area contributed by atoms with Crippen molar-refractivity contribution >= 4 is 18.0 Å². The number of carbonyl (C=O) groups is 3. The second-order valence-electron chi connectivity index (χ2n) is 9.87. The van der Waals surface area contributed by atoms with Crippen molar-refractivity contribution in [3.05, 3.63) is 59.7 Å². The normalized spacial score (nSPS) is 18.7. The molecule has 0 aliphatic heterocycles. The minimum atomic E-state index is -0.912. The Labute approximate surface area is 198 Å². The molecule has 2 amide bonds. The molecule has 34 heavy (non-hydrogen) atoms. The van der Waals surface area contributed by atoms with E-state index in [9.17, 15) is 14.4 Å². The average molecular weight is 463 g/mol. The summed E-state index contributed by atoms with van der Waals surface area (Å²) in [5.74, 6) is -0.907. The number of carboxylic acid groups (broad SMARTS) is 1. The second kappa shape index (κ2) is 9.12. The Bertz CT molecular complexity index is 1060. The number of amides is 2. The Morgan fingerprint density at radius 1 is 1.00 bits per heavy atom. The Kier molecular flexibility index (Phi) is 6.02. The summed E-state index contributed by atoms with van der Waals surface area (Å²) in [7, 11) is 0. The number of alkyl carbamates (subject to hydrolysis) is 1. The van der Waals surface area contributed by atoms with Crippen molar-refractivity contribution in [2.75, 3.05) is 6.61 Å². The maximum absolute atomic E-state index is 12.8. The topological polar surface area (TPSA) is 105 Å². The van der Waals surface area contributed by atoms with Gasteiger partial charge in [-0.25, -0.2) is 4.79 Å². The van der Waals surface area contributed by atoms with Gasteiger partial charge in [-0.1, -0.05) is 55.0 Å². The first kappa shape index (κ1) is 22.4. The fourth-order valence-electron chi connectivity index (χ4n) is 5.30. The molecule has 0 heterocycles. The Morgan fingerprint density at radius 2 is 1.62 bits per heavy atom. The summed E-state index contributed by atoms with van der Waals surface area (Å²) in [6, 6.07) is 16.1. The summed E-state index contributed by atoms with van der Waals surface area (Å²) in [6.07, 6.45) is 3.92. The van der Waals surface area contributed by atoms with Gasteiger partial charge in [0.05, 0.1) is 12.0 Å². The van der Waals surface area contributed by atoms with Crippen LogP contribution in [-0.4, -0.2) is 41.3 Å². The zero-order chi connectivity index (χ0) is 23.7. The van der Waals surface area contributed by atoms with Gasteiger partial charge in [0.2, 0.25) is 5.91 Å². The van der Waals surface area contributed by atoms with E-state index in [2.05, 4.69) is 34.9 Å². The van der Waals surface area contributed by atoms with Crippen LogP contribution in [0.2, 0.25) is 0 Å². The highest BCUT2D eigenvalue weighted by Gasteiger charge is 2.46. The van der Waals surface area contributed by atoms with Crippen LogP contribution in [0.25, 0.3) is 11.1 Å². The molecule has 0 spiro atoms. The molecule has 5 rings (SSSR count). The van der Waals surface area contributed by atoms with Crippen molar-refractivity contribution in [3.63, 3.8) is 0 Å². The van der Waals surface area contributed by atoms with Crippen LogP contribution in [0, 0.1) is 5.92 Å². The minimum absolute atomic E-state index is 0.0191. The van der Waals surface area contributed by atoms with Gasteiger partial charge in [-0.15, -0.1) is 0 Å². The standard InChI is InChI=1S/C27H30N2O5/c30-24(29-27(12-13-27)15-25(31)32)14-23(17-6-5-7-17)28-26(33)34-16-22-20-10-3-1-8-18(20)19-9-2-4-11-21(19)22/h1-4,8-11,17,22-23H,5-7,12-16H2,(H,28,33)(H,29,30)(H,31,32). The SMILES string of the molecule is O=C(O)CC1(NC(=O)CC(NC(=O)OCC2c3ccccc3-c3ccccc32)C2CCC2)CC1. The molecular weight excluding hydrogens is 432 g/mol. The number of hydrogen-bond donors (Lipinski definition) is 3. The van der Waals surface area contributed by atoms with Crippen molar-refractivity contribution in [2.45, 2.75) is 62.4 Å². The number of aliphatic carboxylic acids is 1. The maximum Gasteiger partial charge on any atom is 0.407 e. The van der Waals surface area contributed by atoms with Gasteiger partial charge in [0.15, 0.2) is 0 Å². The molecule has 0 radical (unpaired) electrons. The molecule has 3 aliphatic rings. The molecule has 2 fully saturated rings. The number of carbonyl (C=O) groups excluding carboxylic acids is 2. The first-order valence-corrected chi connectivity index (χ1v) is 12.1. The number of nitrogens with one attached hydrogen (secondary N) is 2. The average Bonchev–Trinajstić information content (AvgIpc) is 3.42. The summed E-state index contributed by atoms with van der Waals surface area (Å²) < 4.78 is 5.68. The van der Waals surface area contributed by atoms with E-state index in [1.807, 2.05) is 24.3 Å². The van der Waals surface area contributed by atoms with Gasteiger partial charge in [0, 0.05) is 18.4 Å². The van der Waals surface area contributed by atoms with E-state index in [-0.39, 0.29) is 43.2 Å². The number of fused-ring (bicyclic) bond motifs is 3. The van der Waals surface area contributed by atoms with E-state index >= 15 is 0 Å². The summed E-state index contributed by atoms with van der Waals surface area (Å²) in [4.78, 5) is 36.5. The fraction of sp³-hybridized carbons (Fsp3) is 0.444. The molecule has 7 nitrogen and oxygen atoms in total. The van der Waals surface area contributed by atoms with Crippen molar-refractivity contribution in [3.8, 4) is 11.1 Å².